The van der Waals surface area contributed by atoms with Gasteiger partial charge in [-0.05, 0) is 6.42 Å². The molecule has 0 aromatic rings. The summed E-state index contributed by atoms with van der Waals surface area (Å²) in [5.41, 5.74) is 5.27. The number of unbranched alkanes of at least 4 members (excludes halogenated alkanes) is 17. The smallest absolute Gasteiger partial charge is 0.220 e. The summed E-state index contributed by atoms with van der Waals surface area (Å²) in [6.07, 6.45) is 26.2. The number of rotatable bonds is 20. The Morgan fingerprint density at radius 2 is 0.880 bits per heavy atom. The van der Waals surface area contributed by atoms with E-state index in [0.29, 0.717) is 0 Å². The van der Waals surface area contributed by atoms with Crippen LogP contribution in [0.1, 0.15) is 136 Å². The second kappa shape index (κ2) is 19.8. The van der Waals surface area contributed by atoms with E-state index in [9.17, 15) is 4.79 Å². The lowest BCUT2D eigenvalue weighted by Crippen LogP contribution is -2.20. The fourth-order valence-corrected chi connectivity index (χ4v) is 3.49. The van der Waals surface area contributed by atoms with E-state index in [0.717, 1.165) is 12.8 Å². The van der Waals surface area contributed by atoms with Crippen LogP contribution in [0, 0.1) is 5.92 Å². The molecule has 0 aliphatic heterocycles. The fourth-order valence-electron chi connectivity index (χ4n) is 3.49. The summed E-state index contributed by atoms with van der Waals surface area (Å²) >= 11 is 0. The average Bonchev–Trinajstić information content (AvgIpc) is 2.60. The maximum Gasteiger partial charge on any atom is 0.220 e. The van der Waals surface area contributed by atoms with Gasteiger partial charge in [0, 0.05) is 5.92 Å². The standard InChI is InChI=1S/C23H47NO/c1-3-4-5-6-7-8-9-10-11-12-13-14-15-16-17-18-19-20-21-22(2)23(24)25/h22H,3-21H2,1-2H3,(H2,24,25). The first-order valence-corrected chi connectivity index (χ1v) is 11.5. The third-order valence-corrected chi connectivity index (χ3v) is 5.48. The van der Waals surface area contributed by atoms with Crippen molar-refractivity contribution in [2.24, 2.45) is 11.7 Å². The molecule has 1 amide bonds. The predicted molar refractivity (Wildman–Crippen MR) is 112 cm³/mol. The van der Waals surface area contributed by atoms with Crippen LogP contribution in [0.25, 0.3) is 0 Å². The molecule has 2 nitrogen and oxygen atoms in total. The van der Waals surface area contributed by atoms with Gasteiger partial charge in [0.05, 0.1) is 0 Å². The van der Waals surface area contributed by atoms with Gasteiger partial charge in [0.25, 0.3) is 0 Å². The van der Waals surface area contributed by atoms with Crippen molar-refractivity contribution in [2.75, 3.05) is 0 Å². The van der Waals surface area contributed by atoms with E-state index in [1.54, 1.807) is 0 Å². The highest BCUT2D eigenvalue weighted by atomic mass is 16.1. The zero-order chi connectivity index (χ0) is 18.6. The van der Waals surface area contributed by atoms with E-state index in [1.807, 2.05) is 6.92 Å². The maximum absolute atomic E-state index is 10.9. The molecule has 150 valence electrons. The van der Waals surface area contributed by atoms with Gasteiger partial charge < -0.3 is 5.73 Å². The molecule has 2 N–H and O–H groups in total. The fraction of sp³-hybridized carbons (Fsp3) is 0.957. The van der Waals surface area contributed by atoms with Crippen molar-refractivity contribution in [1.82, 2.24) is 0 Å². The SMILES string of the molecule is CCCCCCCCCCCCCCCCCCCCC(C)C(N)=O. The van der Waals surface area contributed by atoms with E-state index in [-0.39, 0.29) is 11.8 Å². The first-order valence-electron chi connectivity index (χ1n) is 11.5. The first kappa shape index (κ1) is 24.5. The van der Waals surface area contributed by atoms with Gasteiger partial charge in [-0.1, -0.05) is 129 Å². The van der Waals surface area contributed by atoms with Crippen molar-refractivity contribution in [1.29, 1.82) is 0 Å². The highest BCUT2D eigenvalue weighted by molar-refractivity contribution is 5.76. The molecule has 0 bridgehead atoms. The number of primary amides is 1. The minimum absolute atomic E-state index is 0.0565. The molecule has 0 saturated heterocycles. The monoisotopic (exact) mass is 353 g/mol. The Hall–Kier alpha value is -0.530. The average molecular weight is 354 g/mol. The Kier molecular flexibility index (Phi) is 19.4. The van der Waals surface area contributed by atoms with Crippen LogP contribution in [0.5, 0.6) is 0 Å². The number of hydrogen-bond acceptors (Lipinski definition) is 1. The van der Waals surface area contributed by atoms with Crippen molar-refractivity contribution < 1.29 is 4.79 Å². The summed E-state index contributed by atoms with van der Waals surface area (Å²) in [5, 5.41) is 0. The van der Waals surface area contributed by atoms with Crippen molar-refractivity contribution in [2.45, 2.75) is 136 Å². The Labute approximate surface area is 158 Å². The molecule has 0 heterocycles. The van der Waals surface area contributed by atoms with Crippen LogP contribution in [0.15, 0.2) is 0 Å². The Morgan fingerprint density at radius 3 is 1.16 bits per heavy atom. The lowest BCUT2D eigenvalue weighted by molar-refractivity contribution is -0.121. The summed E-state index contributed by atoms with van der Waals surface area (Å²) in [6, 6.07) is 0. The van der Waals surface area contributed by atoms with Gasteiger partial charge in [0.1, 0.15) is 0 Å². The minimum atomic E-state index is -0.146. The number of carbonyl (C=O) groups is 1. The molecule has 1 unspecified atom stereocenters. The van der Waals surface area contributed by atoms with Crippen LogP contribution < -0.4 is 5.73 Å². The van der Waals surface area contributed by atoms with Gasteiger partial charge in [-0.2, -0.15) is 0 Å². The molecular weight excluding hydrogens is 306 g/mol. The van der Waals surface area contributed by atoms with E-state index >= 15 is 0 Å². The van der Waals surface area contributed by atoms with E-state index in [2.05, 4.69) is 6.92 Å². The molecule has 0 rings (SSSR count). The van der Waals surface area contributed by atoms with Crippen LogP contribution in [0.4, 0.5) is 0 Å². The summed E-state index contributed by atoms with van der Waals surface area (Å²) in [5.74, 6) is -0.0898. The molecule has 0 aliphatic carbocycles. The molecule has 0 saturated carbocycles. The second-order valence-electron chi connectivity index (χ2n) is 8.10. The van der Waals surface area contributed by atoms with Crippen LogP contribution in [-0.2, 0) is 4.79 Å². The molecule has 25 heavy (non-hydrogen) atoms. The van der Waals surface area contributed by atoms with Gasteiger partial charge in [-0.15, -0.1) is 0 Å². The van der Waals surface area contributed by atoms with E-state index in [1.165, 1.54) is 109 Å². The van der Waals surface area contributed by atoms with Crippen LogP contribution in [-0.4, -0.2) is 5.91 Å². The molecule has 0 aromatic heterocycles. The van der Waals surface area contributed by atoms with Gasteiger partial charge in [-0.25, -0.2) is 0 Å². The zero-order valence-corrected chi connectivity index (χ0v) is 17.5. The van der Waals surface area contributed by atoms with Crippen molar-refractivity contribution in [3.05, 3.63) is 0 Å². The predicted octanol–water partition coefficient (Wildman–Crippen LogP) is 7.54. The topological polar surface area (TPSA) is 43.1 Å². The number of carbonyl (C=O) groups excluding carboxylic acids is 1. The molecule has 1 atom stereocenters. The van der Waals surface area contributed by atoms with Gasteiger partial charge >= 0.3 is 0 Å². The van der Waals surface area contributed by atoms with Gasteiger partial charge in [-0.3, -0.25) is 4.79 Å². The molecule has 0 radical (unpaired) electrons. The quantitative estimate of drug-likeness (QED) is 0.226. The van der Waals surface area contributed by atoms with Crippen LogP contribution in [0.2, 0.25) is 0 Å². The van der Waals surface area contributed by atoms with Gasteiger partial charge in [0.15, 0.2) is 0 Å². The van der Waals surface area contributed by atoms with Crippen LogP contribution >= 0.6 is 0 Å². The first-order chi connectivity index (χ1) is 12.2. The second-order valence-corrected chi connectivity index (χ2v) is 8.10. The Bertz CT molecular complexity index is 277. The minimum Gasteiger partial charge on any atom is -0.369 e. The maximum atomic E-state index is 10.9. The van der Waals surface area contributed by atoms with E-state index in [4.69, 9.17) is 5.73 Å². The third-order valence-electron chi connectivity index (χ3n) is 5.48. The third kappa shape index (κ3) is 19.6. The molecule has 2 heteroatoms. The van der Waals surface area contributed by atoms with Crippen LogP contribution in [0.3, 0.4) is 0 Å². The summed E-state index contributed by atoms with van der Waals surface area (Å²) in [4.78, 5) is 10.9. The highest BCUT2D eigenvalue weighted by Gasteiger charge is 2.06. The molecular formula is C23H47NO. The highest BCUT2D eigenvalue weighted by Crippen LogP contribution is 2.15. The summed E-state index contributed by atoms with van der Waals surface area (Å²) < 4.78 is 0. The van der Waals surface area contributed by atoms with Crippen molar-refractivity contribution >= 4 is 5.91 Å². The molecule has 0 aliphatic rings. The number of amides is 1. The largest absolute Gasteiger partial charge is 0.369 e. The summed E-state index contributed by atoms with van der Waals surface area (Å²) in [6.45, 7) is 4.23. The Balaban J connectivity index is 3.04. The lowest BCUT2D eigenvalue weighted by atomic mass is 10.0. The number of hydrogen-bond donors (Lipinski definition) is 1. The Morgan fingerprint density at radius 1 is 0.600 bits per heavy atom. The number of nitrogens with two attached hydrogens (primary N) is 1. The molecule has 0 aromatic carbocycles. The van der Waals surface area contributed by atoms with Gasteiger partial charge in [0.2, 0.25) is 5.91 Å². The molecule has 0 fully saturated rings. The van der Waals surface area contributed by atoms with E-state index < -0.39 is 0 Å². The van der Waals surface area contributed by atoms with Crippen molar-refractivity contribution in [3.8, 4) is 0 Å². The van der Waals surface area contributed by atoms with Crippen molar-refractivity contribution in [3.63, 3.8) is 0 Å². The molecule has 0 spiro atoms. The normalized spacial score (nSPS) is 12.4. The zero-order valence-electron chi connectivity index (χ0n) is 17.5. The summed E-state index contributed by atoms with van der Waals surface area (Å²) in [7, 11) is 0. The lowest BCUT2D eigenvalue weighted by Gasteiger charge is -2.06.